The first-order valence-electron chi connectivity index (χ1n) is 7.52. The molecule has 0 aliphatic rings. The van der Waals surface area contributed by atoms with Gasteiger partial charge in [0.2, 0.25) is 5.91 Å². The van der Waals surface area contributed by atoms with Gasteiger partial charge < -0.3 is 15.0 Å². The Kier molecular flexibility index (Phi) is 8.21. The van der Waals surface area contributed by atoms with Gasteiger partial charge in [0.1, 0.15) is 12.4 Å². The predicted molar refractivity (Wildman–Crippen MR) is 86.4 cm³/mol. The Morgan fingerprint density at radius 3 is 2.52 bits per heavy atom. The number of carbonyl (C=O) groups is 1. The predicted octanol–water partition coefficient (Wildman–Crippen LogP) is 2.60. The van der Waals surface area contributed by atoms with Crippen molar-refractivity contribution in [2.24, 2.45) is 0 Å². The molecule has 4 nitrogen and oxygen atoms in total. The van der Waals surface area contributed by atoms with Crippen molar-refractivity contribution >= 4 is 5.91 Å². The van der Waals surface area contributed by atoms with E-state index in [1.165, 1.54) is 5.56 Å². The molecule has 21 heavy (non-hydrogen) atoms. The van der Waals surface area contributed by atoms with Crippen LogP contribution in [-0.4, -0.2) is 37.0 Å². The highest BCUT2D eigenvalue weighted by atomic mass is 16.5. The van der Waals surface area contributed by atoms with Crippen LogP contribution < -0.4 is 10.1 Å². The standard InChI is InChI=1S/C17H26N2O2/c1-4-13-21-16-9-7-15(8-10-16)14-18-12-11-17(20)19(5-2)6-3/h4,7-10,18H,1,5-6,11-14H2,2-3H3. The highest BCUT2D eigenvalue weighted by Gasteiger charge is 2.08. The zero-order valence-corrected chi connectivity index (χ0v) is 13.1. The van der Waals surface area contributed by atoms with Gasteiger partial charge in [0.25, 0.3) is 0 Å². The zero-order chi connectivity index (χ0) is 15.5. The molecule has 1 aromatic rings. The van der Waals surface area contributed by atoms with Crippen molar-refractivity contribution in [3.05, 3.63) is 42.5 Å². The van der Waals surface area contributed by atoms with Crippen LogP contribution in [0.4, 0.5) is 0 Å². The molecule has 0 saturated heterocycles. The molecule has 116 valence electrons. The minimum Gasteiger partial charge on any atom is -0.490 e. The van der Waals surface area contributed by atoms with E-state index in [0.717, 1.165) is 25.4 Å². The number of amides is 1. The molecule has 1 amide bonds. The molecule has 0 radical (unpaired) electrons. The average Bonchev–Trinajstić information content (AvgIpc) is 2.52. The minimum absolute atomic E-state index is 0.209. The molecule has 0 aromatic heterocycles. The summed E-state index contributed by atoms with van der Waals surface area (Å²) in [4.78, 5) is 13.7. The molecule has 0 atom stereocenters. The summed E-state index contributed by atoms with van der Waals surface area (Å²) in [5.41, 5.74) is 1.18. The molecular weight excluding hydrogens is 264 g/mol. The molecule has 1 N–H and O–H groups in total. The summed E-state index contributed by atoms with van der Waals surface area (Å²) in [7, 11) is 0. The third kappa shape index (κ3) is 6.45. The zero-order valence-electron chi connectivity index (χ0n) is 13.1. The number of nitrogens with one attached hydrogen (secondary N) is 1. The van der Waals surface area contributed by atoms with E-state index in [1.807, 2.05) is 43.0 Å². The smallest absolute Gasteiger partial charge is 0.223 e. The Bertz CT molecular complexity index is 425. The monoisotopic (exact) mass is 290 g/mol. The van der Waals surface area contributed by atoms with Gasteiger partial charge >= 0.3 is 0 Å². The molecule has 0 fully saturated rings. The van der Waals surface area contributed by atoms with E-state index in [9.17, 15) is 4.79 Å². The summed E-state index contributed by atoms with van der Waals surface area (Å²) in [5.74, 6) is 1.05. The number of nitrogens with zero attached hydrogens (tertiary/aromatic N) is 1. The first-order chi connectivity index (χ1) is 10.2. The van der Waals surface area contributed by atoms with Crippen molar-refractivity contribution < 1.29 is 9.53 Å². The van der Waals surface area contributed by atoms with Crippen LogP contribution in [0.25, 0.3) is 0 Å². The lowest BCUT2D eigenvalue weighted by Gasteiger charge is -2.18. The molecule has 0 heterocycles. The summed E-state index contributed by atoms with van der Waals surface area (Å²) in [5, 5.41) is 3.29. The van der Waals surface area contributed by atoms with E-state index in [0.29, 0.717) is 19.6 Å². The number of hydrogen-bond acceptors (Lipinski definition) is 3. The topological polar surface area (TPSA) is 41.6 Å². The lowest BCUT2D eigenvalue weighted by molar-refractivity contribution is -0.130. The van der Waals surface area contributed by atoms with Crippen LogP contribution in [0.1, 0.15) is 25.8 Å². The van der Waals surface area contributed by atoms with Gasteiger partial charge in [-0.1, -0.05) is 24.8 Å². The quantitative estimate of drug-likeness (QED) is 0.532. The summed E-state index contributed by atoms with van der Waals surface area (Å²) in [6, 6.07) is 7.94. The molecule has 0 bridgehead atoms. The number of ether oxygens (including phenoxy) is 1. The van der Waals surface area contributed by atoms with E-state index < -0.39 is 0 Å². The molecule has 1 rings (SSSR count). The largest absolute Gasteiger partial charge is 0.490 e. The van der Waals surface area contributed by atoms with E-state index in [1.54, 1.807) is 6.08 Å². The molecule has 0 unspecified atom stereocenters. The van der Waals surface area contributed by atoms with Crippen LogP contribution in [0, 0.1) is 0 Å². The molecule has 0 spiro atoms. The number of carbonyl (C=O) groups excluding carboxylic acids is 1. The Hall–Kier alpha value is -1.81. The van der Waals surface area contributed by atoms with Crippen molar-refractivity contribution in [2.75, 3.05) is 26.2 Å². The molecule has 0 aliphatic carbocycles. The number of benzene rings is 1. The van der Waals surface area contributed by atoms with E-state index in [2.05, 4.69) is 11.9 Å². The van der Waals surface area contributed by atoms with Crippen LogP contribution in [0.5, 0.6) is 5.75 Å². The van der Waals surface area contributed by atoms with Gasteiger partial charge in [-0.05, 0) is 31.5 Å². The number of rotatable bonds is 10. The Morgan fingerprint density at radius 1 is 1.29 bits per heavy atom. The van der Waals surface area contributed by atoms with Crippen LogP contribution in [0.3, 0.4) is 0 Å². The van der Waals surface area contributed by atoms with Crippen LogP contribution in [0.2, 0.25) is 0 Å². The molecule has 1 aromatic carbocycles. The summed E-state index contributed by atoms with van der Waals surface area (Å²) >= 11 is 0. The second kappa shape index (κ2) is 10.00. The fourth-order valence-corrected chi connectivity index (χ4v) is 2.02. The Balaban J connectivity index is 2.26. The Morgan fingerprint density at radius 2 is 1.95 bits per heavy atom. The first-order valence-corrected chi connectivity index (χ1v) is 7.52. The highest BCUT2D eigenvalue weighted by molar-refractivity contribution is 5.76. The number of hydrogen-bond donors (Lipinski definition) is 1. The lowest BCUT2D eigenvalue weighted by Crippen LogP contribution is -2.32. The van der Waals surface area contributed by atoms with Gasteiger partial charge in [0, 0.05) is 32.6 Å². The minimum atomic E-state index is 0.209. The highest BCUT2D eigenvalue weighted by Crippen LogP contribution is 2.11. The summed E-state index contributed by atoms with van der Waals surface area (Å²) in [6.07, 6.45) is 2.27. The van der Waals surface area contributed by atoms with Crippen molar-refractivity contribution in [1.82, 2.24) is 10.2 Å². The van der Waals surface area contributed by atoms with Gasteiger partial charge in [0.15, 0.2) is 0 Å². The normalized spacial score (nSPS) is 10.2. The van der Waals surface area contributed by atoms with Gasteiger partial charge in [0.05, 0.1) is 0 Å². The van der Waals surface area contributed by atoms with Crippen LogP contribution in [0.15, 0.2) is 36.9 Å². The third-order valence-corrected chi connectivity index (χ3v) is 3.25. The van der Waals surface area contributed by atoms with Crippen LogP contribution >= 0.6 is 0 Å². The second-order valence-corrected chi connectivity index (χ2v) is 4.74. The summed E-state index contributed by atoms with van der Waals surface area (Å²) < 4.78 is 5.43. The van der Waals surface area contributed by atoms with Gasteiger partial charge in [-0.2, -0.15) is 0 Å². The maximum Gasteiger partial charge on any atom is 0.223 e. The maximum atomic E-state index is 11.8. The molecule has 0 saturated carbocycles. The fourth-order valence-electron chi connectivity index (χ4n) is 2.02. The van der Waals surface area contributed by atoms with Crippen molar-refractivity contribution in [3.8, 4) is 5.75 Å². The molecule has 4 heteroatoms. The second-order valence-electron chi connectivity index (χ2n) is 4.74. The van der Waals surface area contributed by atoms with E-state index in [-0.39, 0.29) is 5.91 Å². The Labute approximate surface area is 127 Å². The maximum absolute atomic E-state index is 11.8. The lowest BCUT2D eigenvalue weighted by atomic mass is 10.2. The molecular formula is C17H26N2O2. The van der Waals surface area contributed by atoms with E-state index in [4.69, 9.17) is 4.74 Å². The van der Waals surface area contributed by atoms with Crippen LogP contribution in [-0.2, 0) is 11.3 Å². The first kappa shape index (κ1) is 17.2. The van der Waals surface area contributed by atoms with E-state index >= 15 is 0 Å². The fraction of sp³-hybridized carbons (Fsp3) is 0.471. The van der Waals surface area contributed by atoms with Gasteiger partial charge in [-0.25, -0.2) is 0 Å². The molecule has 0 aliphatic heterocycles. The third-order valence-electron chi connectivity index (χ3n) is 3.25. The summed E-state index contributed by atoms with van der Waals surface area (Å²) in [6.45, 7) is 11.2. The van der Waals surface area contributed by atoms with Gasteiger partial charge in [-0.3, -0.25) is 4.79 Å². The average molecular weight is 290 g/mol. The van der Waals surface area contributed by atoms with Crippen molar-refractivity contribution in [3.63, 3.8) is 0 Å². The van der Waals surface area contributed by atoms with Crippen molar-refractivity contribution in [2.45, 2.75) is 26.8 Å². The SMILES string of the molecule is C=CCOc1ccc(CNCCC(=O)N(CC)CC)cc1. The van der Waals surface area contributed by atoms with Crippen molar-refractivity contribution in [1.29, 1.82) is 0 Å². The van der Waals surface area contributed by atoms with Gasteiger partial charge in [-0.15, -0.1) is 0 Å².